The van der Waals surface area contributed by atoms with Crippen molar-refractivity contribution in [3.63, 3.8) is 0 Å². The van der Waals surface area contributed by atoms with Crippen molar-refractivity contribution in [3.05, 3.63) is 108 Å². The fourth-order valence-corrected chi connectivity index (χ4v) is 4.89. The molecule has 1 aliphatic rings. The van der Waals surface area contributed by atoms with E-state index in [2.05, 4.69) is 0 Å². The number of amides is 1. The van der Waals surface area contributed by atoms with E-state index in [1.165, 1.54) is 17.0 Å². The summed E-state index contributed by atoms with van der Waals surface area (Å²) in [5.74, 6) is -2.52. The SMILES string of the molecule is O=C(CS(=O)(=O)c1ccccc1)N1CC(c2cc(F)ccc2F)=C[C@H]1c1ccccc1. The minimum atomic E-state index is -3.85. The standard InChI is InChI=1S/C24H19F2NO3S/c25-19-11-12-22(26)21(14-19)18-13-23(17-7-3-1-4-8-17)27(15-18)24(28)16-31(29,30)20-9-5-2-6-10-20/h1-14,23H,15-16H2/t23-/m0/s1. The predicted molar refractivity (Wildman–Crippen MR) is 114 cm³/mol. The molecule has 1 atom stereocenters. The van der Waals surface area contributed by atoms with Gasteiger partial charge in [-0.05, 0) is 41.5 Å². The lowest BCUT2D eigenvalue weighted by atomic mass is 10.0. The molecular weight excluding hydrogens is 420 g/mol. The Balaban J connectivity index is 1.68. The summed E-state index contributed by atoms with van der Waals surface area (Å²) in [6, 6.07) is 19.3. The molecule has 0 aromatic heterocycles. The molecule has 0 fully saturated rings. The number of carbonyl (C=O) groups is 1. The number of nitrogens with zero attached hydrogens (tertiary/aromatic N) is 1. The maximum atomic E-state index is 14.4. The molecule has 4 rings (SSSR count). The molecule has 158 valence electrons. The molecule has 0 spiro atoms. The average molecular weight is 439 g/mol. The summed E-state index contributed by atoms with van der Waals surface area (Å²) in [7, 11) is -3.85. The van der Waals surface area contributed by atoms with Crippen LogP contribution in [0.4, 0.5) is 8.78 Å². The van der Waals surface area contributed by atoms with Gasteiger partial charge in [-0.1, -0.05) is 54.6 Å². The molecule has 0 unspecified atom stereocenters. The van der Waals surface area contributed by atoms with E-state index in [0.717, 1.165) is 23.8 Å². The first kappa shape index (κ1) is 20.9. The van der Waals surface area contributed by atoms with E-state index in [4.69, 9.17) is 0 Å². The van der Waals surface area contributed by atoms with Gasteiger partial charge in [0.25, 0.3) is 0 Å². The van der Waals surface area contributed by atoms with E-state index in [1.54, 1.807) is 48.5 Å². The van der Waals surface area contributed by atoms with Crippen molar-refractivity contribution in [2.45, 2.75) is 10.9 Å². The highest BCUT2D eigenvalue weighted by atomic mass is 32.2. The Bertz CT molecular complexity index is 1240. The topological polar surface area (TPSA) is 54.5 Å². The number of hydrogen-bond acceptors (Lipinski definition) is 3. The van der Waals surface area contributed by atoms with Crippen LogP contribution < -0.4 is 0 Å². The maximum Gasteiger partial charge on any atom is 0.239 e. The number of benzene rings is 3. The van der Waals surface area contributed by atoms with Crippen molar-refractivity contribution in [3.8, 4) is 0 Å². The quantitative estimate of drug-likeness (QED) is 0.592. The number of carbonyl (C=O) groups excluding carboxylic acids is 1. The second-order valence-electron chi connectivity index (χ2n) is 7.27. The summed E-state index contributed by atoms with van der Waals surface area (Å²) in [5.41, 5.74) is 1.23. The van der Waals surface area contributed by atoms with Crippen LogP contribution >= 0.6 is 0 Å². The Hall–Kier alpha value is -3.32. The molecule has 1 amide bonds. The first-order valence-electron chi connectivity index (χ1n) is 9.63. The molecule has 0 bridgehead atoms. The molecule has 1 heterocycles. The predicted octanol–water partition coefficient (Wildman–Crippen LogP) is 4.41. The fraction of sp³-hybridized carbons (Fsp3) is 0.125. The van der Waals surface area contributed by atoms with Gasteiger partial charge in [-0.3, -0.25) is 4.79 Å². The van der Waals surface area contributed by atoms with Crippen LogP contribution in [0.1, 0.15) is 17.2 Å². The minimum Gasteiger partial charge on any atom is -0.327 e. The summed E-state index contributed by atoms with van der Waals surface area (Å²) in [6.45, 7) is -0.0247. The molecular formula is C24H19F2NO3S. The Morgan fingerprint density at radius 2 is 1.58 bits per heavy atom. The molecule has 0 radical (unpaired) electrons. The Kier molecular flexibility index (Phi) is 5.69. The monoisotopic (exact) mass is 439 g/mol. The maximum absolute atomic E-state index is 14.4. The third kappa shape index (κ3) is 4.41. The van der Waals surface area contributed by atoms with Gasteiger partial charge in [0.2, 0.25) is 5.91 Å². The van der Waals surface area contributed by atoms with Gasteiger partial charge < -0.3 is 4.90 Å². The molecule has 0 saturated heterocycles. The van der Waals surface area contributed by atoms with Gasteiger partial charge in [0, 0.05) is 12.1 Å². The summed E-state index contributed by atoms with van der Waals surface area (Å²) in [5, 5.41) is 0. The van der Waals surface area contributed by atoms with Crippen LogP contribution in [0.25, 0.3) is 5.57 Å². The largest absolute Gasteiger partial charge is 0.327 e. The summed E-state index contributed by atoms with van der Waals surface area (Å²) in [4.78, 5) is 14.5. The number of rotatable bonds is 5. The van der Waals surface area contributed by atoms with E-state index in [-0.39, 0.29) is 17.0 Å². The fourth-order valence-electron chi connectivity index (χ4n) is 3.66. The van der Waals surface area contributed by atoms with Crippen molar-refractivity contribution < 1.29 is 22.0 Å². The van der Waals surface area contributed by atoms with Gasteiger partial charge in [-0.25, -0.2) is 17.2 Å². The first-order valence-corrected chi connectivity index (χ1v) is 11.3. The third-order valence-corrected chi connectivity index (χ3v) is 6.80. The molecule has 3 aromatic carbocycles. The molecule has 3 aromatic rings. The zero-order chi connectivity index (χ0) is 22.0. The van der Waals surface area contributed by atoms with Crippen LogP contribution in [0.3, 0.4) is 0 Å². The summed E-state index contributed by atoms with van der Waals surface area (Å²) >= 11 is 0. The molecule has 0 N–H and O–H groups in total. The summed E-state index contributed by atoms with van der Waals surface area (Å²) in [6.07, 6.45) is 1.68. The smallest absolute Gasteiger partial charge is 0.239 e. The summed E-state index contributed by atoms with van der Waals surface area (Å²) < 4.78 is 53.5. The van der Waals surface area contributed by atoms with Crippen LogP contribution in [-0.2, 0) is 14.6 Å². The highest BCUT2D eigenvalue weighted by Crippen LogP contribution is 2.36. The second kappa shape index (κ2) is 8.43. The van der Waals surface area contributed by atoms with E-state index in [9.17, 15) is 22.0 Å². The van der Waals surface area contributed by atoms with Crippen molar-refractivity contribution in [2.24, 2.45) is 0 Å². The van der Waals surface area contributed by atoms with Crippen LogP contribution in [0.2, 0.25) is 0 Å². The van der Waals surface area contributed by atoms with E-state index >= 15 is 0 Å². The molecule has 31 heavy (non-hydrogen) atoms. The van der Waals surface area contributed by atoms with Gasteiger partial charge in [0.1, 0.15) is 17.4 Å². The van der Waals surface area contributed by atoms with Crippen LogP contribution in [0, 0.1) is 11.6 Å². The van der Waals surface area contributed by atoms with Gasteiger partial charge in [-0.2, -0.15) is 0 Å². The van der Waals surface area contributed by atoms with E-state index in [1.807, 2.05) is 6.07 Å². The zero-order valence-corrected chi connectivity index (χ0v) is 17.2. The molecule has 0 saturated carbocycles. The van der Waals surface area contributed by atoms with Crippen molar-refractivity contribution in [1.82, 2.24) is 4.90 Å². The van der Waals surface area contributed by atoms with Gasteiger partial charge >= 0.3 is 0 Å². The molecule has 0 aliphatic carbocycles. The lowest BCUT2D eigenvalue weighted by molar-refractivity contribution is -0.128. The third-order valence-electron chi connectivity index (χ3n) is 5.19. The molecule has 7 heteroatoms. The lowest BCUT2D eigenvalue weighted by Crippen LogP contribution is -2.36. The molecule has 4 nitrogen and oxygen atoms in total. The highest BCUT2D eigenvalue weighted by Gasteiger charge is 2.34. The first-order chi connectivity index (χ1) is 14.8. The van der Waals surface area contributed by atoms with Crippen molar-refractivity contribution in [2.75, 3.05) is 12.3 Å². The van der Waals surface area contributed by atoms with Crippen LogP contribution in [0.5, 0.6) is 0 Å². The zero-order valence-electron chi connectivity index (χ0n) is 16.4. The van der Waals surface area contributed by atoms with E-state index < -0.39 is 39.2 Å². The number of halogens is 2. The normalized spacial score (nSPS) is 16.3. The number of hydrogen-bond donors (Lipinski definition) is 0. The van der Waals surface area contributed by atoms with Gasteiger partial charge in [0.15, 0.2) is 9.84 Å². The van der Waals surface area contributed by atoms with E-state index in [0.29, 0.717) is 5.57 Å². The second-order valence-corrected chi connectivity index (χ2v) is 9.25. The van der Waals surface area contributed by atoms with Gasteiger partial charge in [-0.15, -0.1) is 0 Å². The van der Waals surface area contributed by atoms with Crippen LogP contribution in [0.15, 0.2) is 89.8 Å². The number of sulfone groups is 1. The lowest BCUT2D eigenvalue weighted by Gasteiger charge is -2.25. The van der Waals surface area contributed by atoms with Crippen molar-refractivity contribution in [1.29, 1.82) is 0 Å². The molecule has 1 aliphatic heterocycles. The Labute approximate surface area is 179 Å². The Morgan fingerprint density at radius 3 is 2.26 bits per heavy atom. The Morgan fingerprint density at radius 1 is 0.935 bits per heavy atom. The average Bonchev–Trinajstić information content (AvgIpc) is 3.22. The van der Waals surface area contributed by atoms with Crippen molar-refractivity contribution >= 4 is 21.3 Å². The minimum absolute atomic E-state index is 0.0247. The van der Waals surface area contributed by atoms with Crippen LogP contribution in [-0.4, -0.2) is 31.5 Å². The highest BCUT2D eigenvalue weighted by molar-refractivity contribution is 7.92. The van der Waals surface area contributed by atoms with Gasteiger partial charge in [0.05, 0.1) is 10.9 Å².